The first-order chi connectivity index (χ1) is 54.4. The van der Waals surface area contributed by atoms with Crippen molar-refractivity contribution >= 4 is 74.5 Å². The lowest BCUT2D eigenvalue weighted by Crippen LogP contribution is -2.36. The highest BCUT2D eigenvalue weighted by Crippen LogP contribution is 2.57. The van der Waals surface area contributed by atoms with Crippen molar-refractivity contribution in [1.82, 2.24) is 44.9 Å². The fourth-order valence-corrected chi connectivity index (χ4v) is 18.4. The van der Waals surface area contributed by atoms with Crippen molar-refractivity contribution in [3.63, 3.8) is 0 Å². The van der Waals surface area contributed by atoms with Crippen LogP contribution in [0.3, 0.4) is 0 Å². The number of rotatable bonds is 9. The van der Waals surface area contributed by atoms with Crippen molar-refractivity contribution in [3.8, 4) is 45.4 Å². The molecule has 112 heavy (non-hydrogen) atoms. The zero-order chi connectivity index (χ0) is 77.1. The summed E-state index contributed by atoms with van der Waals surface area (Å²) in [5, 5.41) is 0. The highest BCUT2D eigenvalue weighted by molar-refractivity contribution is 5.97. The van der Waals surface area contributed by atoms with Gasteiger partial charge in [-0.2, -0.15) is 0 Å². The number of nitrogens with zero attached hydrogens (tertiary/aromatic N) is 17. The molecule has 13 aromatic rings. The molecular formula is C95H95N17. The van der Waals surface area contributed by atoms with Gasteiger partial charge in [0.15, 0.2) is 40.7 Å². The summed E-state index contributed by atoms with van der Waals surface area (Å²) < 4.78 is 0. The van der Waals surface area contributed by atoms with Gasteiger partial charge in [0.25, 0.3) is 0 Å². The third-order valence-electron chi connectivity index (χ3n) is 24.0. The minimum absolute atomic E-state index is 0.166. The predicted molar refractivity (Wildman–Crippen MR) is 456 cm³/mol. The van der Waals surface area contributed by atoms with Gasteiger partial charge >= 0.3 is 0 Å². The maximum absolute atomic E-state index is 5.12. The van der Waals surface area contributed by atoms with Gasteiger partial charge in [-0.05, 0) is 142 Å². The van der Waals surface area contributed by atoms with Crippen LogP contribution in [0.4, 0.5) is 74.5 Å². The number of anilines is 13. The first-order valence-corrected chi connectivity index (χ1v) is 39.6. The number of hydrogen-bond donors (Lipinski definition) is 0. The number of aryl methyl sites for hydroxylation is 3. The number of fused-ring (bicyclic) bond motifs is 20. The van der Waals surface area contributed by atoms with Crippen LogP contribution in [0.5, 0.6) is 0 Å². The Morgan fingerprint density at radius 1 is 0.304 bits per heavy atom. The standard InChI is InChI=1S/C26H22N4.C25H28N4.C24H27N5.C20H18N4/c1-17-9-8-10-18(2)23(17)24-25-26(28-16-27-24)30-21-14-7-6-11-19(21)15-22(30)29(25)20-12-4-3-5-13-20;1-15(2)18-10-8-11-19(16(3)4)23(18)24-26-14-21-25(27-24)28(5)22-13-17-9-6-7-12-20(17)29(21)22;1-14(2)17-11-25-12-18(15(3)4)22(17)23-26-13-20-24(27-23)28(5)21-10-16-8-6-7-9-19(16)29(20)21;1-13-7-3-5-9-15(13)19-21-12-17-20(22-19)23(2)18-11-14-8-4-6-10-16(14)24(17)18/h3-14,16,22H,15H2,1-2H3;6-12,14-16,22H,13H2,1-5H3;6-9,11-15,21H,10H2,1-5H3;3-10,12,18H,11H2,1-2H3. The molecule has 13 heterocycles. The minimum Gasteiger partial charge on any atom is -0.337 e. The lowest BCUT2D eigenvalue weighted by molar-refractivity contribution is 0.699. The van der Waals surface area contributed by atoms with Gasteiger partial charge in [-0.25, -0.2) is 39.9 Å². The molecule has 560 valence electrons. The van der Waals surface area contributed by atoms with Crippen molar-refractivity contribution in [2.75, 3.05) is 60.3 Å². The fourth-order valence-electron chi connectivity index (χ4n) is 18.4. The van der Waals surface area contributed by atoms with Gasteiger partial charge in [0.1, 0.15) is 59.4 Å². The molecule has 8 aromatic carbocycles. The van der Waals surface area contributed by atoms with Gasteiger partial charge in [-0.1, -0.05) is 207 Å². The molecule has 0 fully saturated rings. The second-order valence-electron chi connectivity index (χ2n) is 32.1. The Morgan fingerprint density at radius 3 is 1.13 bits per heavy atom. The van der Waals surface area contributed by atoms with E-state index >= 15 is 0 Å². The van der Waals surface area contributed by atoms with Gasteiger partial charge in [0.2, 0.25) is 0 Å². The second-order valence-corrected chi connectivity index (χ2v) is 32.1. The normalized spacial score (nSPS) is 17.1. The van der Waals surface area contributed by atoms with E-state index in [1.807, 2.05) is 43.1 Å². The van der Waals surface area contributed by atoms with Crippen LogP contribution < -0.4 is 39.2 Å². The Balaban J connectivity index is 0.000000105. The SMILES string of the molecule is CC(C)c1cccc(C(C)C)c1-c1ncc2c(n1)N(C)C1Cc3ccccc3N21.CC(C)c1cncc(C(C)C)c1-c1ncc2c(n1)N(C)C1Cc3ccccc3N21.Cc1cccc(C)c1-c1ncnc2c1N(c1ccccc1)C1Cc3ccccc3N21.Cc1ccccc1-c1ncc2c(n1)N(C)C1Cc3ccccc3N21. The van der Waals surface area contributed by atoms with E-state index in [-0.39, 0.29) is 18.5 Å². The summed E-state index contributed by atoms with van der Waals surface area (Å²) in [6.07, 6.45) is 16.7. The number of para-hydroxylation sites is 5. The quantitative estimate of drug-likeness (QED) is 0.135. The highest BCUT2D eigenvalue weighted by atomic mass is 15.5. The number of likely N-dealkylation sites (N-methyl/N-ethyl adjacent to an activating group) is 3. The van der Waals surface area contributed by atoms with E-state index in [1.165, 1.54) is 101 Å². The summed E-state index contributed by atoms with van der Waals surface area (Å²) in [5.41, 5.74) is 30.6. The van der Waals surface area contributed by atoms with E-state index < -0.39 is 0 Å². The van der Waals surface area contributed by atoms with Gasteiger partial charge in [0, 0.05) is 110 Å². The molecule has 0 saturated carbocycles. The Morgan fingerprint density at radius 2 is 0.679 bits per heavy atom. The second kappa shape index (κ2) is 28.5. The zero-order valence-corrected chi connectivity index (χ0v) is 66.4. The van der Waals surface area contributed by atoms with Gasteiger partial charge in [-0.3, -0.25) is 4.98 Å². The predicted octanol–water partition coefficient (Wildman–Crippen LogP) is 21.0. The molecule has 4 unspecified atom stereocenters. The van der Waals surface area contributed by atoms with Crippen LogP contribution in [0, 0.1) is 20.8 Å². The van der Waals surface area contributed by atoms with Gasteiger partial charge in [0.05, 0.1) is 18.6 Å². The van der Waals surface area contributed by atoms with Gasteiger partial charge < -0.3 is 39.2 Å². The molecule has 17 heteroatoms. The molecule has 17 nitrogen and oxygen atoms in total. The number of hydrogen-bond acceptors (Lipinski definition) is 17. The van der Waals surface area contributed by atoms with E-state index in [9.17, 15) is 0 Å². The van der Waals surface area contributed by atoms with Crippen LogP contribution in [0.15, 0.2) is 225 Å². The minimum atomic E-state index is 0.166. The number of aromatic nitrogens is 9. The maximum atomic E-state index is 5.12. The first-order valence-electron chi connectivity index (χ1n) is 39.6. The Bertz CT molecular complexity index is 5550. The molecular weight excluding hydrogens is 1380 g/mol. The molecule has 0 N–H and O–H groups in total. The molecule has 8 aliphatic heterocycles. The topological polar surface area (TPSA) is 142 Å². The van der Waals surface area contributed by atoms with Crippen molar-refractivity contribution < 1.29 is 0 Å². The molecule has 4 atom stereocenters. The monoisotopic (exact) mass is 1470 g/mol. The first kappa shape index (κ1) is 71.3. The molecule has 0 aliphatic carbocycles. The Kier molecular flexibility index (Phi) is 18.1. The lowest BCUT2D eigenvalue weighted by atomic mass is 9.88. The van der Waals surface area contributed by atoms with Crippen LogP contribution in [-0.2, 0) is 25.7 Å². The fraction of sp³-hybridized carbons (Fsp3) is 0.274. The third kappa shape index (κ3) is 11.8. The van der Waals surface area contributed by atoms with Crippen molar-refractivity contribution in [2.45, 2.75) is 150 Å². The maximum Gasteiger partial charge on any atom is 0.162 e. The van der Waals surface area contributed by atoms with Gasteiger partial charge in [-0.15, -0.1) is 0 Å². The lowest BCUT2D eigenvalue weighted by Gasteiger charge is -2.28. The molecule has 0 radical (unpaired) electrons. The Labute approximate surface area is 658 Å². The van der Waals surface area contributed by atoms with Crippen LogP contribution in [0.1, 0.15) is 140 Å². The molecule has 0 spiro atoms. The average Bonchev–Trinajstić information content (AvgIpc) is 1.59. The summed E-state index contributed by atoms with van der Waals surface area (Å²) in [5.74, 6) is 8.07. The molecule has 0 amide bonds. The van der Waals surface area contributed by atoms with Crippen LogP contribution in [-0.4, -0.2) is 90.7 Å². The summed E-state index contributed by atoms with van der Waals surface area (Å²) in [6, 6.07) is 66.5. The third-order valence-corrected chi connectivity index (χ3v) is 24.0. The zero-order valence-electron chi connectivity index (χ0n) is 66.4. The number of benzene rings is 8. The van der Waals surface area contributed by atoms with E-state index in [0.717, 1.165) is 106 Å². The summed E-state index contributed by atoms with van der Waals surface area (Å²) >= 11 is 0. The Hall–Kier alpha value is -12.4. The van der Waals surface area contributed by atoms with E-state index in [4.69, 9.17) is 34.9 Å². The average molecular weight is 1470 g/mol. The van der Waals surface area contributed by atoms with E-state index in [1.54, 1.807) is 6.33 Å². The van der Waals surface area contributed by atoms with Crippen molar-refractivity contribution in [1.29, 1.82) is 0 Å². The largest absolute Gasteiger partial charge is 0.337 e. The molecule has 21 rings (SSSR count). The molecule has 0 bridgehead atoms. The van der Waals surface area contributed by atoms with Crippen molar-refractivity contribution in [2.24, 2.45) is 0 Å². The molecule has 5 aromatic heterocycles. The van der Waals surface area contributed by atoms with Crippen molar-refractivity contribution in [3.05, 3.63) is 287 Å². The summed E-state index contributed by atoms with van der Waals surface area (Å²) in [4.78, 5) is 62.5. The van der Waals surface area contributed by atoms with E-state index in [2.05, 4.69) is 322 Å². The van der Waals surface area contributed by atoms with Crippen LogP contribution in [0.2, 0.25) is 0 Å². The summed E-state index contributed by atoms with van der Waals surface area (Å²) in [6.45, 7) is 24.2. The highest BCUT2D eigenvalue weighted by Gasteiger charge is 2.48. The smallest absolute Gasteiger partial charge is 0.162 e. The van der Waals surface area contributed by atoms with Crippen LogP contribution in [0.25, 0.3) is 45.4 Å². The van der Waals surface area contributed by atoms with Crippen LogP contribution >= 0.6 is 0 Å². The summed E-state index contributed by atoms with van der Waals surface area (Å²) in [7, 11) is 6.43. The number of pyridine rings is 1. The van der Waals surface area contributed by atoms with E-state index in [0.29, 0.717) is 29.8 Å². The molecule has 8 aliphatic rings. The molecule has 0 saturated heterocycles.